The van der Waals surface area contributed by atoms with Crippen molar-refractivity contribution in [3.05, 3.63) is 0 Å². The quantitative estimate of drug-likeness (QED) is 0.584. The molecule has 17 heavy (non-hydrogen) atoms. The summed E-state index contributed by atoms with van der Waals surface area (Å²) in [5.41, 5.74) is 0. The molecule has 0 atom stereocenters. The fourth-order valence-corrected chi connectivity index (χ4v) is 2.72. The van der Waals surface area contributed by atoms with Crippen LogP contribution < -0.4 is 10.6 Å². The molecule has 0 spiro atoms. The second kappa shape index (κ2) is 5.74. The molecule has 2 aliphatic carbocycles. The normalized spacial score (nSPS) is 30.5. The van der Waals surface area contributed by atoms with Gasteiger partial charge in [0.2, 0.25) is 0 Å². The van der Waals surface area contributed by atoms with Crippen molar-refractivity contribution in [3.63, 3.8) is 0 Å². The molecule has 2 rings (SSSR count). The van der Waals surface area contributed by atoms with Gasteiger partial charge in [-0.1, -0.05) is 13.8 Å². The summed E-state index contributed by atoms with van der Waals surface area (Å²) in [6.45, 7) is 4.71. The van der Waals surface area contributed by atoms with Gasteiger partial charge in [0.25, 0.3) is 0 Å². The van der Waals surface area contributed by atoms with Crippen molar-refractivity contribution >= 4 is 5.96 Å². The first kappa shape index (κ1) is 12.7. The predicted octanol–water partition coefficient (Wildman–Crippen LogP) is 2.53. The second-order valence-electron chi connectivity index (χ2n) is 5.99. The first-order valence-electron chi connectivity index (χ1n) is 7.19. The van der Waals surface area contributed by atoms with Crippen molar-refractivity contribution in [3.8, 4) is 0 Å². The molecule has 3 nitrogen and oxygen atoms in total. The zero-order chi connectivity index (χ0) is 12.3. The molecule has 0 heterocycles. The zero-order valence-corrected chi connectivity index (χ0v) is 11.5. The Labute approximate surface area is 105 Å². The van der Waals surface area contributed by atoms with Crippen LogP contribution in [0.2, 0.25) is 0 Å². The van der Waals surface area contributed by atoms with E-state index in [-0.39, 0.29) is 0 Å². The lowest BCUT2D eigenvalue weighted by Crippen LogP contribution is -2.45. The Kier molecular flexibility index (Phi) is 4.30. The molecule has 0 unspecified atom stereocenters. The summed E-state index contributed by atoms with van der Waals surface area (Å²) in [5, 5.41) is 7.04. The Morgan fingerprint density at radius 2 is 1.41 bits per heavy atom. The molecule has 0 radical (unpaired) electrons. The third-order valence-corrected chi connectivity index (χ3v) is 4.20. The molecule has 2 fully saturated rings. The lowest BCUT2D eigenvalue weighted by atomic mass is 9.80. The zero-order valence-electron chi connectivity index (χ0n) is 11.5. The third kappa shape index (κ3) is 3.90. The summed E-state index contributed by atoms with van der Waals surface area (Å²) >= 11 is 0. The maximum Gasteiger partial charge on any atom is 0.191 e. The van der Waals surface area contributed by atoms with Crippen LogP contribution in [-0.2, 0) is 0 Å². The van der Waals surface area contributed by atoms with Crippen molar-refractivity contribution in [1.29, 1.82) is 0 Å². The number of hydrogen-bond donors (Lipinski definition) is 2. The number of aliphatic imine (C=N–C) groups is 1. The monoisotopic (exact) mass is 237 g/mol. The standard InChI is InChI=1S/C14H27N3/c1-10(2)11-4-6-12(7-5-11)16-14(15-3)17-13-8-9-13/h10-13H,4-9H2,1-3H3,(H2,15,16,17). The van der Waals surface area contributed by atoms with Crippen molar-refractivity contribution in [1.82, 2.24) is 10.6 Å². The first-order valence-corrected chi connectivity index (χ1v) is 7.19. The second-order valence-corrected chi connectivity index (χ2v) is 5.99. The molecule has 0 aromatic rings. The van der Waals surface area contributed by atoms with E-state index < -0.39 is 0 Å². The Morgan fingerprint density at radius 1 is 0.941 bits per heavy atom. The van der Waals surface area contributed by atoms with Crippen molar-refractivity contribution < 1.29 is 0 Å². The maximum absolute atomic E-state index is 4.31. The highest BCUT2D eigenvalue weighted by Gasteiger charge is 2.26. The highest BCUT2D eigenvalue weighted by atomic mass is 15.2. The summed E-state index contributed by atoms with van der Waals surface area (Å²) in [6.07, 6.45) is 7.95. The number of guanidine groups is 1. The van der Waals surface area contributed by atoms with Crippen LogP contribution in [0.25, 0.3) is 0 Å². The van der Waals surface area contributed by atoms with E-state index in [9.17, 15) is 0 Å². The molecule has 0 saturated heterocycles. The lowest BCUT2D eigenvalue weighted by Gasteiger charge is -2.32. The minimum Gasteiger partial charge on any atom is -0.354 e. The van der Waals surface area contributed by atoms with Crippen LogP contribution in [-0.4, -0.2) is 25.1 Å². The van der Waals surface area contributed by atoms with Crippen LogP contribution in [0, 0.1) is 11.8 Å². The molecule has 98 valence electrons. The molecule has 0 aliphatic heterocycles. The summed E-state index contributed by atoms with van der Waals surface area (Å²) in [7, 11) is 1.87. The van der Waals surface area contributed by atoms with Gasteiger partial charge >= 0.3 is 0 Å². The number of nitrogens with one attached hydrogen (secondary N) is 2. The van der Waals surface area contributed by atoms with Gasteiger partial charge in [-0.25, -0.2) is 0 Å². The molecule has 0 aromatic carbocycles. The van der Waals surface area contributed by atoms with E-state index in [4.69, 9.17) is 0 Å². The van der Waals surface area contributed by atoms with Gasteiger partial charge < -0.3 is 10.6 Å². The minimum atomic E-state index is 0.634. The SMILES string of the molecule is CN=C(NC1CC1)NC1CCC(C(C)C)CC1. The average molecular weight is 237 g/mol. The first-order chi connectivity index (χ1) is 8.19. The van der Waals surface area contributed by atoms with Crippen LogP contribution in [0.4, 0.5) is 0 Å². The summed E-state index contributed by atoms with van der Waals surface area (Å²) in [4.78, 5) is 4.31. The van der Waals surface area contributed by atoms with Gasteiger partial charge in [-0.2, -0.15) is 0 Å². The van der Waals surface area contributed by atoms with E-state index in [0.717, 1.165) is 17.8 Å². The number of hydrogen-bond acceptors (Lipinski definition) is 1. The summed E-state index contributed by atoms with van der Waals surface area (Å²) in [5.74, 6) is 2.80. The molecular formula is C14H27N3. The van der Waals surface area contributed by atoms with E-state index in [0.29, 0.717) is 12.1 Å². The van der Waals surface area contributed by atoms with Crippen molar-refractivity contribution in [2.24, 2.45) is 16.8 Å². The van der Waals surface area contributed by atoms with Gasteiger partial charge in [0.1, 0.15) is 0 Å². The van der Waals surface area contributed by atoms with Crippen LogP contribution in [0.3, 0.4) is 0 Å². The Morgan fingerprint density at radius 3 is 1.76 bits per heavy atom. The van der Waals surface area contributed by atoms with Crippen molar-refractivity contribution in [2.75, 3.05) is 7.05 Å². The largest absolute Gasteiger partial charge is 0.354 e. The van der Waals surface area contributed by atoms with E-state index in [1.165, 1.54) is 38.5 Å². The summed E-state index contributed by atoms with van der Waals surface area (Å²) in [6, 6.07) is 1.32. The molecule has 2 N–H and O–H groups in total. The lowest BCUT2D eigenvalue weighted by molar-refractivity contribution is 0.250. The highest BCUT2D eigenvalue weighted by molar-refractivity contribution is 5.80. The molecule has 0 bridgehead atoms. The van der Waals surface area contributed by atoms with Gasteiger partial charge in [-0.05, 0) is 50.4 Å². The average Bonchev–Trinajstić information content (AvgIpc) is 3.13. The fourth-order valence-electron chi connectivity index (χ4n) is 2.72. The molecule has 0 amide bonds. The number of nitrogens with zero attached hydrogens (tertiary/aromatic N) is 1. The van der Waals surface area contributed by atoms with Gasteiger partial charge in [0, 0.05) is 19.1 Å². The smallest absolute Gasteiger partial charge is 0.191 e. The maximum atomic E-state index is 4.31. The van der Waals surface area contributed by atoms with Gasteiger partial charge in [0.15, 0.2) is 5.96 Å². The van der Waals surface area contributed by atoms with E-state index in [2.05, 4.69) is 29.5 Å². The van der Waals surface area contributed by atoms with Crippen LogP contribution in [0.5, 0.6) is 0 Å². The molecular weight excluding hydrogens is 210 g/mol. The van der Waals surface area contributed by atoms with Crippen LogP contribution in [0.1, 0.15) is 52.4 Å². The Hall–Kier alpha value is -0.730. The van der Waals surface area contributed by atoms with Crippen molar-refractivity contribution in [2.45, 2.75) is 64.5 Å². The Bertz CT molecular complexity index is 261. The molecule has 2 saturated carbocycles. The minimum absolute atomic E-state index is 0.634. The summed E-state index contributed by atoms with van der Waals surface area (Å²) < 4.78 is 0. The molecule has 0 aromatic heterocycles. The highest BCUT2D eigenvalue weighted by Crippen LogP contribution is 2.29. The Balaban J connectivity index is 1.72. The molecule has 2 aliphatic rings. The molecule has 3 heteroatoms. The van der Waals surface area contributed by atoms with Gasteiger partial charge in [-0.15, -0.1) is 0 Å². The fraction of sp³-hybridized carbons (Fsp3) is 0.929. The third-order valence-electron chi connectivity index (χ3n) is 4.20. The van der Waals surface area contributed by atoms with E-state index >= 15 is 0 Å². The van der Waals surface area contributed by atoms with Crippen LogP contribution in [0.15, 0.2) is 4.99 Å². The predicted molar refractivity (Wildman–Crippen MR) is 73.2 cm³/mol. The van der Waals surface area contributed by atoms with Gasteiger partial charge in [-0.3, -0.25) is 4.99 Å². The topological polar surface area (TPSA) is 36.4 Å². The number of rotatable bonds is 3. The van der Waals surface area contributed by atoms with Gasteiger partial charge in [0.05, 0.1) is 0 Å². The van der Waals surface area contributed by atoms with E-state index in [1.807, 2.05) is 7.05 Å². The van der Waals surface area contributed by atoms with Crippen LogP contribution >= 0.6 is 0 Å². The van der Waals surface area contributed by atoms with E-state index in [1.54, 1.807) is 0 Å².